The van der Waals surface area contributed by atoms with E-state index in [1.807, 2.05) is 19.1 Å². The van der Waals surface area contributed by atoms with E-state index in [4.69, 9.17) is 18.0 Å². The maximum Gasteiger partial charge on any atom is 0.106 e. The van der Waals surface area contributed by atoms with Crippen molar-refractivity contribution in [2.75, 3.05) is 5.32 Å². The molecule has 20 heavy (non-hydrogen) atoms. The zero-order valence-corrected chi connectivity index (χ0v) is 13.0. The zero-order chi connectivity index (χ0) is 14.7. The Kier molecular flexibility index (Phi) is 4.40. The molecule has 3 heteroatoms. The maximum absolute atomic E-state index is 5.84. The van der Waals surface area contributed by atoms with Gasteiger partial charge in [-0.3, -0.25) is 0 Å². The summed E-state index contributed by atoms with van der Waals surface area (Å²) >= 11 is 5.16. The third-order valence-corrected chi connectivity index (χ3v) is 3.66. The number of benzene rings is 2. The molecule has 104 valence electrons. The second kappa shape index (κ2) is 6.06. The first kappa shape index (κ1) is 14.5. The normalized spacial score (nSPS) is 10.3. The molecule has 0 aromatic heterocycles. The highest BCUT2D eigenvalue weighted by Crippen LogP contribution is 2.28. The van der Waals surface area contributed by atoms with Gasteiger partial charge in [0.1, 0.15) is 4.99 Å². The van der Waals surface area contributed by atoms with Crippen LogP contribution in [0, 0.1) is 13.8 Å². The lowest BCUT2D eigenvalue weighted by Crippen LogP contribution is -2.12. The molecule has 2 aromatic rings. The fraction of sp³-hybridized carbons (Fsp3) is 0.235. The van der Waals surface area contributed by atoms with Crippen LogP contribution < -0.4 is 11.1 Å². The SMILES string of the molecule is CCc1cccc(C)c1Nc1ccc(C)cc1C(N)=S. The second-order valence-corrected chi connectivity index (χ2v) is 5.44. The van der Waals surface area contributed by atoms with Crippen LogP contribution in [0.4, 0.5) is 11.4 Å². The summed E-state index contributed by atoms with van der Waals surface area (Å²) in [4.78, 5) is 0.419. The lowest BCUT2D eigenvalue weighted by Gasteiger charge is -2.17. The van der Waals surface area contributed by atoms with Crippen LogP contribution in [-0.4, -0.2) is 4.99 Å². The Morgan fingerprint density at radius 1 is 1.20 bits per heavy atom. The minimum Gasteiger partial charge on any atom is -0.389 e. The number of para-hydroxylation sites is 1. The molecule has 0 spiro atoms. The quantitative estimate of drug-likeness (QED) is 0.825. The number of anilines is 2. The van der Waals surface area contributed by atoms with Gasteiger partial charge in [0, 0.05) is 16.9 Å². The van der Waals surface area contributed by atoms with Crippen molar-refractivity contribution in [2.24, 2.45) is 5.73 Å². The van der Waals surface area contributed by atoms with E-state index in [0.29, 0.717) is 4.99 Å². The Balaban J connectivity index is 2.48. The lowest BCUT2D eigenvalue weighted by molar-refractivity contribution is 1.13. The molecule has 0 unspecified atom stereocenters. The van der Waals surface area contributed by atoms with Crippen LogP contribution in [-0.2, 0) is 6.42 Å². The second-order valence-electron chi connectivity index (χ2n) is 5.00. The van der Waals surface area contributed by atoms with Crippen molar-refractivity contribution in [3.63, 3.8) is 0 Å². The summed E-state index contributed by atoms with van der Waals surface area (Å²) in [5, 5.41) is 3.50. The average Bonchev–Trinajstić information content (AvgIpc) is 2.42. The highest BCUT2D eigenvalue weighted by molar-refractivity contribution is 7.80. The molecule has 0 aliphatic carbocycles. The van der Waals surface area contributed by atoms with Crippen molar-refractivity contribution in [1.29, 1.82) is 0 Å². The number of hydrogen-bond donors (Lipinski definition) is 2. The van der Waals surface area contributed by atoms with Gasteiger partial charge in [0.05, 0.1) is 0 Å². The van der Waals surface area contributed by atoms with E-state index in [1.54, 1.807) is 0 Å². The van der Waals surface area contributed by atoms with Gasteiger partial charge in [-0.05, 0) is 43.5 Å². The highest BCUT2D eigenvalue weighted by Gasteiger charge is 2.09. The molecule has 0 radical (unpaired) electrons. The van der Waals surface area contributed by atoms with E-state index in [-0.39, 0.29) is 0 Å². The molecular formula is C17H20N2S. The standard InChI is InChI=1S/C17H20N2S/c1-4-13-7-5-6-12(3)16(13)19-15-9-8-11(2)10-14(15)17(18)20/h5-10,19H,4H2,1-3H3,(H2,18,20). The van der Waals surface area contributed by atoms with E-state index < -0.39 is 0 Å². The van der Waals surface area contributed by atoms with Crippen molar-refractivity contribution in [3.05, 3.63) is 58.7 Å². The summed E-state index contributed by atoms with van der Waals surface area (Å²) in [6.07, 6.45) is 0.984. The van der Waals surface area contributed by atoms with Crippen molar-refractivity contribution in [1.82, 2.24) is 0 Å². The molecule has 3 N–H and O–H groups in total. The topological polar surface area (TPSA) is 38.0 Å². The van der Waals surface area contributed by atoms with Crippen molar-refractivity contribution < 1.29 is 0 Å². The Labute approximate surface area is 126 Å². The summed E-state index contributed by atoms with van der Waals surface area (Å²) in [7, 11) is 0. The van der Waals surface area contributed by atoms with E-state index >= 15 is 0 Å². The average molecular weight is 284 g/mol. The molecule has 0 saturated carbocycles. The summed E-state index contributed by atoms with van der Waals surface area (Å²) in [5.74, 6) is 0. The lowest BCUT2D eigenvalue weighted by atomic mass is 10.0. The molecule has 2 nitrogen and oxygen atoms in total. The van der Waals surface area contributed by atoms with Crippen LogP contribution in [0.2, 0.25) is 0 Å². The molecule has 0 aliphatic rings. The minimum atomic E-state index is 0.419. The third kappa shape index (κ3) is 2.99. The predicted molar refractivity (Wildman–Crippen MR) is 90.9 cm³/mol. The summed E-state index contributed by atoms with van der Waals surface area (Å²) in [6.45, 7) is 6.30. The van der Waals surface area contributed by atoms with Gasteiger partial charge in [-0.2, -0.15) is 0 Å². The summed E-state index contributed by atoms with van der Waals surface area (Å²) in [6, 6.07) is 12.5. The summed E-state index contributed by atoms with van der Waals surface area (Å²) < 4.78 is 0. The first-order valence-electron chi connectivity index (χ1n) is 6.79. The first-order valence-corrected chi connectivity index (χ1v) is 7.19. The molecule has 0 atom stereocenters. The molecule has 0 heterocycles. The molecule has 0 aliphatic heterocycles. The Hall–Kier alpha value is -1.87. The van der Waals surface area contributed by atoms with Gasteiger partial charge in [0.2, 0.25) is 0 Å². The number of rotatable bonds is 4. The van der Waals surface area contributed by atoms with Crippen molar-refractivity contribution >= 4 is 28.6 Å². The third-order valence-electron chi connectivity index (χ3n) is 3.44. The van der Waals surface area contributed by atoms with Gasteiger partial charge in [-0.25, -0.2) is 0 Å². The zero-order valence-electron chi connectivity index (χ0n) is 12.2. The van der Waals surface area contributed by atoms with Crippen LogP contribution in [0.15, 0.2) is 36.4 Å². The predicted octanol–water partition coefficient (Wildman–Crippen LogP) is 4.24. The molecule has 0 fully saturated rings. The van der Waals surface area contributed by atoms with E-state index in [1.165, 1.54) is 11.1 Å². The number of nitrogens with two attached hydrogens (primary N) is 1. The van der Waals surface area contributed by atoms with Crippen molar-refractivity contribution in [2.45, 2.75) is 27.2 Å². The molecule has 0 amide bonds. The van der Waals surface area contributed by atoms with Crippen LogP contribution in [0.1, 0.15) is 29.2 Å². The fourth-order valence-corrected chi connectivity index (χ4v) is 2.48. The van der Waals surface area contributed by atoms with Gasteiger partial charge >= 0.3 is 0 Å². The van der Waals surface area contributed by atoms with Crippen LogP contribution in [0.5, 0.6) is 0 Å². The Morgan fingerprint density at radius 3 is 2.60 bits per heavy atom. The number of hydrogen-bond acceptors (Lipinski definition) is 2. The molecule has 2 aromatic carbocycles. The monoisotopic (exact) mass is 284 g/mol. The van der Waals surface area contributed by atoms with E-state index in [9.17, 15) is 0 Å². The first-order chi connectivity index (χ1) is 9.52. The van der Waals surface area contributed by atoms with E-state index in [0.717, 1.165) is 28.9 Å². The number of nitrogens with one attached hydrogen (secondary N) is 1. The number of aryl methyl sites for hydroxylation is 3. The largest absolute Gasteiger partial charge is 0.389 e. The van der Waals surface area contributed by atoms with Crippen LogP contribution in [0.25, 0.3) is 0 Å². The highest BCUT2D eigenvalue weighted by atomic mass is 32.1. The van der Waals surface area contributed by atoms with Gasteiger partial charge < -0.3 is 11.1 Å². The van der Waals surface area contributed by atoms with Gasteiger partial charge in [-0.15, -0.1) is 0 Å². The molecule has 0 saturated heterocycles. The van der Waals surface area contributed by atoms with Crippen molar-refractivity contribution in [3.8, 4) is 0 Å². The minimum absolute atomic E-state index is 0.419. The summed E-state index contributed by atoms with van der Waals surface area (Å²) in [5.41, 5.74) is 12.5. The van der Waals surface area contributed by atoms with E-state index in [2.05, 4.69) is 43.4 Å². The Bertz CT molecular complexity index is 647. The van der Waals surface area contributed by atoms with Crippen LogP contribution in [0.3, 0.4) is 0 Å². The van der Waals surface area contributed by atoms with Gasteiger partial charge in [0.25, 0.3) is 0 Å². The van der Waals surface area contributed by atoms with Gasteiger partial charge in [0.15, 0.2) is 0 Å². The molecule has 0 bridgehead atoms. The smallest absolute Gasteiger partial charge is 0.106 e. The molecule has 2 rings (SSSR count). The van der Waals surface area contributed by atoms with Gasteiger partial charge in [-0.1, -0.05) is 49.0 Å². The number of thiocarbonyl (C=S) groups is 1. The molecular weight excluding hydrogens is 264 g/mol. The Morgan fingerprint density at radius 2 is 1.95 bits per heavy atom. The fourth-order valence-electron chi connectivity index (χ4n) is 2.31. The van der Waals surface area contributed by atoms with Crippen LogP contribution >= 0.6 is 12.2 Å². The maximum atomic E-state index is 5.84.